The minimum Gasteiger partial charge on any atom is -0.310 e. The Kier molecular flexibility index (Phi) is 8.06. The third kappa shape index (κ3) is 4.94. The predicted molar refractivity (Wildman–Crippen MR) is 255 cm³/mol. The summed E-state index contributed by atoms with van der Waals surface area (Å²) in [6.07, 6.45) is 6.12. The molecule has 2 heteroatoms. The molecule has 2 aliphatic rings. The largest absolute Gasteiger partial charge is 0.310 e. The molecule has 0 bridgehead atoms. The number of anilines is 3. The van der Waals surface area contributed by atoms with Gasteiger partial charge in [0.1, 0.15) is 0 Å². The van der Waals surface area contributed by atoms with E-state index in [4.69, 9.17) is 0 Å². The Morgan fingerprint density at radius 2 is 1.08 bits per heavy atom. The second-order valence-corrected chi connectivity index (χ2v) is 16.8. The summed E-state index contributed by atoms with van der Waals surface area (Å²) in [4.78, 5) is 2.50. The molecule has 2 nitrogen and oxygen atoms in total. The van der Waals surface area contributed by atoms with Crippen LogP contribution in [0, 0.1) is 34.6 Å². The lowest BCUT2D eigenvalue weighted by molar-refractivity contribution is 0.793. The van der Waals surface area contributed by atoms with Gasteiger partial charge in [0.25, 0.3) is 0 Å². The van der Waals surface area contributed by atoms with Gasteiger partial charge in [-0.2, -0.15) is 0 Å². The Morgan fingerprint density at radius 3 is 1.72 bits per heavy atom. The van der Waals surface area contributed by atoms with Crippen LogP contribution >= 0.6 is 0 Å². The molecule has 9 aromatic rings. The lowest BCUT2D eigenvalue weighted by Crippen LogP contribution is -2.26. The van der Waals surface area contributed by atoms with Crippen LogP contribution in [0.1, 0.15) is 55.8 Å². The van der Waals surface area contributed by atoms with Gasteiger partial charge in [0.2, 0.25) is 0 Å². The van der Waals surface area contributed by atoms with E-state index in [0.717, 1.165) is 22.8 Å². The van der Waals surface area contributed by atoms with Gasteiger partial charge in [-0.3, -0.25) is 0 Å². The number of allylic oxidation sites excluding steroid dienone is 2. The van der Waals surface area contributed by atoms with Crippen LogP contribution in [0.25, 0.3) is 55.7 Å². The minimum atomic E-state index is -0.570. The van der Waals surface area contributed by atoms with Crippen molar-refractivity contribution in [2.45, 2.75) is 40.0 Å². The molecule has 1 heterocycles. The first kappa shape index (κ1) is 36.0. The Balaban J connectivity index is 1.28. The lowest BCUT2D eigenvalue weighted by atomic mass is 9.70. The summed E-state index contributed by atoms with van der Waals surface area (Å²) in [7, 11) is 0. The van der Waals surface area contributed by atoms with E-state index in [9.17, 15) is 0 Å². The predicted octanol–water partition coefficient (Wildman–Crippen LogP) is 15.3. The van der Waals surface area contributed by atoms with Crippen molar-refractivity contribution >= 4 is 44.8 Å². The topological polar surface area (TPSA) is 8.17 Å². The standard InChI is InChI=1S/C58H46N2/c1-7-8-24-54-40(6)44-17-13-16-25-55(44)60(54)43-30-31-49-52(34-43)58(50-22-14-11-18-45(50)46-19-12-15-23-51(46)58)53-35-56(47-20-9-10-21-48(47)57(49)53)59(41-28-26-36(2)38(4)32-41)42-29-27-37(3)39(5)33-42/h7-35H,1H2,2-6H3/b24-8-. The Hall–Kier alpha value is -7.16. The van der Waals surface area contributed by atoms with E-state index in [2.05, 4.69) is 221 Å². The summed E-state index contributed by atoms with van der Waals surface area (Å²) in [5.74, 6) is 0. The van der Waals surface area contributed by atoms with Crippen LogP contribution in [0.3, 0.4) is 0 Å². The first-order valence-corrected chi connectivity index (χ1v) is 21.1. The van der Waals surface area contributed by atoms with Crippen molar-refractivity contribution in [3.63, 3.8) is 0 Å². The first-order chi connectivity index (χ1) is 29.3. The summed E-state index contributed by atoms with van der Waals surface area (Å²) >= 11 is 0. The van der Waals surface area contributed by atoms with Crippen LogP contribution in [0.2, 0.25) is 0 Å². The van der Waals surface area contributed by atoms with Gasteiger partial charge in [-0.05, 0) is 167 Å². The summed E-state index contributed by atoms with van der Waals surface area (Å²) in [5, 5.41) is 3.74. The van der Waals surface area contributed by atoms with Crippen LogP contribution in [0.5, 0.6) is 0 Å². The average molecular weight is 771 g/mol. The highest BCUT2D eigenvalue weighted by molar-refractivity contribution is 6.12. The van der Waals surface area contributed by atoms with Crippen molar-refractivity contribution in [2.24, 2.45) is 0 Å². The van der Waals surface area contributed by atoms with Crippen LogP contribution < -0.4 is 4.90 Å². The van der Waals surface area contributed by atoms with Crippen molar-refractivity contribution in [1.82, 2.24) is 4.57 Å². The first-order valence-electron chi connectivity index (χ1n) is 21.1. The van der Waals surface area contributed by atoms with E-state index >= 15 is 0 Å². The molecule has 11 rings (SSSR count). The number of nitrogens with zero attached hydrogens (tertiary/aromatic N) is 2. The molecule has 1 spiro atoms. The van der Waals surface area contributed by atoms with Gasteiger partial charge in [0.15, 0.2) is 0 Å². The van der Waals surface area contributed by atoms with Crippen molar-refractivity contribution in [1.29, 1.82) is 0 Å². The van der Waals surface area contributed by atoms with Crippen molar-refractivity contribution in [3.05, 3.63) is 232 Å². The fourth-order valence-electron chi connectivity index (χ4n) is 10.5. The zero-order valence-electron chi connectivity index (χ0n) is 34.8. The van der Waals surface area contributed by atoms with Gasteiger partial charge >= 0.3 is 0 Å². The number of benzene rings is 8. The number of aryl methyl sites for hydroxylation is 5. The van der Waals surface area contributed by atoms with Crippen LogP contribution in [0.4, 0.5) is 17.1 Å². The van der Waals surface area contributed by atoms with Gasteiger partial charge in [-0.15, -0.1) is 0 Å². The Labute approximate surface area is 353 Å². The summed E-state index contributed by atoms with van der Waals surface area (Å²) in [5.41, 5.74) is 23.3. The van der Waals surface area contributed by atoms with Gasteiger partial charge < -0.3 is 9.47 Å². The molecule has 0 atom stereocenters. The maximum Gasteiger partial charge on any atom is 0.0727 e. The number of hydrogen-bond donors (Lipinski definition) is 0. The molecule has 0 fully saturated rings. The number of para-hydroxylation sites is 1. The highest BCUT2D eigenvalue weighted by Crippen LogP contribution is 2.65. The molecule has 288 valence electrons. The second-order valence-electron chi connectivity index (χ2n) is 16.8. The van der Waals surface area contributed by atoms with E-state index in [0.29, 0.717) is 0 Å². The molecule has 0 saturated carbocycles. The maximum absolute atomic E-state index is 4.02. The number of hydrogen-bond acceptors (Lipinski definition) is 1. The van der Waals surface area contributed by atoms with E-state index in [-0.39, 0.29) is 0 Å². The zero-order valence-corrected chi connectivity index (χ0v) is 34.8. The molecule has 0 radical (unpaired) electrons. The quantitative estimate of drug-likeness (QED) is 0.153. The molecular weight excluding hydrogens is 725 g/mol. The molecule has 0 unspecified atom stereocenters. The van der Waals surface area contributed by atoms with Crippen molar-refractivity contribution in [2.75, 3.05) is 4.90 Å². The van der Waals surface area contributed by atoms with Gasteiger partial charge in [-0.1, -0.05) is 128 Å². The fraction of sp³-hybridized carbons (Fsp3) is 0.103. The second kappa shape index (κ2) is 13.4. The maximum atomic E-state index is 4.02. The summed E-state index contributed by atoms with van der Waals surface area (Å²) in [6.45, 7) is 15.1. The van der Waals surface area contributed by atoms with E-state index in [1.807, 2.05) is 6.08 Å². The Bertz CT molecular complexity index is 3200. The van der Waals surface area contributed by atoms with Crippen LogP contribution in [-0.2, 0) is 5.41 Å². The van der Waals surface area contributed by atoms with E-state index in [1.165, 1.54) is 99.7 Å². The highest BCUT2D eigenvalue weighted by Gasteiger charge is 2.52. The zero-order chi connectivity index (χ0) is 40.9. The monoisotopic (exact) mass is 770 g/mol. The molecule has 60 heavy (non-hydrogen) atoms. The minimum absolute atomic E-state index is 0.570. The molecule has 0 N–H and O–H groups in total. The van der Waals surface area contributed by atoms with Crippen molar-refractivity contribution in [3.8, 4) is 27.9 Å². The third-order valence-corrected chi connectivity index (χ3v) is 13.6. The van der Waals surface area contributed by atoms with E-state index < -0.39 is 5.41 Å². The van der Waals surface area contributed by atoms with Gasteiger partial charge in [0.05, 0.1) is 16.6 Å². The third-order valence-electron chi connectivity index (χ3n) is 13.6. The molecule has 1 aromatic heterocycles. The molecule has 0 aliphatic heterocycles. The van der Waals surface area contributed by atoms with Gasteiger partial charge in [0, 0.05) is 33.5 Å². The summed E-state index contributed by atoms with van der Waals surface area (Å²) in [6, 6.07) is 59.7. The average Bonchev–Trinajstić information content (AvgIpc) is 3.86. The number of fused-ring (bicyclic) bond motifs is 13. The number of rotatable bonds is 6. The lowest BCUT2D eigenvalue weighted by Gasteiger charge is -2.33. The normalized spacial score (nSPS) is 13.2. The van der Waals surface area contributed by atoms with E-state index in [1.54, 1.807) is 0 Å². The van der Waals surface area contributed by atoms with Crippen molar-refractivity contribution < 1.29 is 0 Å². The smallest absolute Gasteiger partial charge is 0.0727 e. The number of aromatic nitrogens is 1. The molecule has 0 saturated heterocycles. The molecule has 2 aliphatic carbocycles. The molecule has 8 aromatic carbocycles. The molecular formula is C58H46N2. The summed E-state index contributed by atoms with van der Waals surface area (Å²) < 4.78 is 2.44. The SMILES string of the molecule is C=C/C=C\c1c(C)c2ccccc2n1-c1ccc2c(c1)C1(c3ccccc3-c3ccccc31)c1cc(N(c3ccc(C)c(C)c3)c3ccc(C)c(C)c3)c3ccccc3c1-2. The molecule has 0 amide bonds. The Morgan fingerprint density at radius 1 is 0.500 bits per heavy atom. The van der Waals surface area contributed by atoms with Crippen LogP contribution in [0.15, 0.2) is 176 Å². The fourth-order valence-corrected chi connectivity index (χ4v) is 10.5. The van der Waals surface area contributed by atoms with Crippen LogP contribution in [-0.4, -0.2) is 4.57 Å². The highest BCUT2D eigenvalue weighted by atomic mass is 15.1. The van der Waals surface area contributed by atoms with Gasteiger partial charge in [-0.25, -0.2) is 0 Å².